The molecule has 16 aliphatic carbocycles. The predicted molar refractivity (Wildman–Crippen MR) is 514 cm³/mol. The van der Waals surface area contributed by atoms with Crippen LogP contribution in [0.25, 0.3) is 0 Å². The van der Waals surface area contributed by atoms with Crippen molar-refractivity contribution < 1.29 is 137 Å². The summed E-state index contributed by atoms with van der Waals surface area (Å²) in [4.78, 5) is 0. The standard InChI is InChI=1S/C27H45NO3Si.C25H39NO4.C24H37NO3.C22H37NO3.C5H10Si.4CH4.Cs.FH/c1-25(29)13-14-27(17-30-3)18(16-25)7-8-19-20-9-10-22(26(20,2)12-11-21(19)27)23-15-24(31-28-23)32(4,5)6;1-23(28)10-11-25(15-29-3)16(13-23)4-5-18-19-6-7-21(22-12-17(14-27)30-26-22)24(19,2)9-8-20(18)25;1-22(26)11-12-24(15-27-3)16(14-22)4-5-17-18-6-7-20(21-9-13-28-25-21)23(18,2)10-8-19(17)24;1-20(24)10-11-22(14-26-3)15(12-20)4-6-17-18-7-5-16(13-23-25)21(18,2)9-8-19(17)22;1-5-6(2,3)4;;;;;;/h15,18-22,29H,7-14,16-17H2,1-6H3;12,16,18-21,27-28H,4-11,13-15H2,1-3H3;9,13,16-20,26H,4-8,10-12,14-15H2,1-3H3;13,15-19,24-25H,4-12,14H2,1-3H3;1H,2-4H3;4*1H4;;1H/q;;;;;;;;;+1;/p-1/b;;;23-13+;;;;;;;/t18-,19-,20-,21-,22+,25+,26-,27+;16-,18-,19-,20-,21+,23+,24-,25+;16-,17-,18-,19-,20+,22+,23-,24+;15-,16+,17-,18-,19-,20+,21+,22+;;;;;;;/m0000......./s1. The quantitative estimate of drug-likeness (QED) is 0.0289. The zero-order valence-corrected chi connectivity index (χ0v) is 89.0. The van der Waals surface area contributed by atoms with Crippen LogP contribution < -0.4 is 79.0 Å². The van der Waals surface area contributed by atoms with Gasteiger partial charge in [-0.05, 0) is 403 Å². The number of hydrogen-bond donors (Lipinski definition) is 6. The number of hydrogen-bond acceptors (Lipinski definition) is 17. The van der Waals surface area contributed by atoms with Crippen molar-refractivity contribution in [3.05, 3.63) is 47.3 Å². The first-order chi connectivity index (χ1) is 57.6. The van der Waals surface area contributed by atoms with Gasteiger partial charge in [-0.25, -0.2) is 0 Å². The van der Waals surface area contributed by atoms with Gasteiger partial charge in [0.1, 0.15) is 34.4 Å². The van der Waals surface area contributed by atoms with Crippen LogP contribution in [0.3, 0.4) is 0 Å². The van der Waals surface area contributed by atoms with Gasteiger partial charge in [0.05, 0.1) is 65.9 Å². The van der Waals surface area contributed by atoms with Gasteiger partial charge >= 0.3 is 68.9 Å². The number of oxime groups is 1. The second-order valence-corrected chi connectivity index (χ2v) is 58.9. The van der Waals surface area contributed by atoms with Gasteiger partial charge in [-0.1, -0.05) is 112 Å². The third kappa shape index (κ3) is 20.4. The van der Waals surface area contributed by atoms with Crippen molar-refractivity contribution >= 4 is 27.7 Å². The number of aliphatic hydroxyl groups is 5. The number of ether oxygens (including phenoxy) is 4. The molecule has 0 aliphatic heterocycles. The van der Waals surface area contributed by atoms with Crippen molar-refractivity contribution in [2.75, 3.05) is 54.9 Å². The van der Waals surface area contributed by atoms with Gasteiger partial charge < -0.3 is 68.0 Å². The molecule has 17 nitrogen and oxygen atoms in total. The van der Waals surface area contributed by atoms with Gasteiger partial charge in [0.15, 0.2) is 5.76 Å². The maximum absolute atomic E-state index is 10.8. The summed E-state index contributed by atoms with van der Waals surface area (Å²) in [5, 5.41) is 79.5. The minimum Gasteiger partial charge on any atom is -1.00 e. The number of halogens is 1. The molecule has 16 aliphatic rings. The van der Waals surface area contributed by atoms with E-state index in [0.29, 0.717) is 69.3 Å². The number of aromatic nitrogens is 3. The van der Waals surface area contributed by atoms with E-state index in [1.165, 1.54) is 165 Å². The summed E-state index contributed by atoms with van der Waals surface area (Å²) in [5.74, 6) is 14.2. The number of terminal acetylenes is 1. The molecule has 3 heterocycles. The Balaban J connectivity index is 0.000000186. The molecule has 3 aromatic heterocycles. The third-order valence-electron chi connectivity index (χ3n) is 40.5. The Morgan fingerprint density at radius 2 is 0.734 bits per heavy atom. The van der Waals surface area contributed by atoms with Gasteiger partial charge in [-0.2, -0.15) is 0 Å². The first kappa shape index (κ1) is 110. The zero-order chi connectivity index (χ0) is 87.4. The van der Waals surface area contributed by atoms with Crippen LogP contribution in [0, 0.1) is 156 Å². The van der Waals surface area contributed by atoms with Gasteiger partial charge in [0.2, 0.25) is 0 Å². The molecular formula is C107H184CsFN4O13Si2. The van der Waals surface area contributed by atoms with Crippen LogP contribution in [0.4, 0.5) is 0 Å². The van der Waals surface area contributed by atoms with E-state index in [0.717, 1.165) is 186 Å². The number of methoxy groups -OCH3 is 4. The fourth-order valence-corrected chi connectivity index (χ4v) is 35.6. The molecule has 21 heteroatoms. The van der Waals surface area contributed by atoms with Crippen LogP contribution in [0.1, 0.15) is 357 Å². The molecule has 19 rings (SSSR count). The van der Waals surface area contributed by atoms with Crippen LogP contribution in [-0.2, 0) is 25.6 Å². The molecule has 128 heavy (non-hydrogen) atoms. The Bertz CT molecular complexity index is 4080. The molecule has 6 N–H and O–H groups in total. The summed E-state index contributed by atoms with van der Waals surface area (Å²) < 4.78 is 39.9. The minimum atomic E-state index is -1.47. The summed E-state index contributed by atoms with van der Waals surface area (Å²) in [7, 11) is 4.92. The fraction of sp³-hybridized carbons (Fsp3) is 0.888. The SMILES string of the molecule is C.C.C.C.C#C[Si](C)(C)C.COC[C@]12CC[C@@](C)(O)C[C@@H]1CC[C@H]1[C@@H]3CC[C@H](/C=N/O)[C@@]3(C)CC[C@@H]12.COC[C@]12CC[C@@](C)(O)C[C@@H]1CC[C@H]1[C@@H]3CC[C@H](c4cc(CO)on4)[C@@]3(C)CC[C@@H]12.COC[C@]12CC[C@@](C)(O)C[C@@H]1CC[C@H]1[C@@H]3CC[C@H](c4cc([Si](C)(C)C)on4)[C@@]3(C)CC[C@@H]12.COC[C@]12CC[C@@](C)(O)C[C@@H]1CC[C@H]1[C@@H]3CC[C@H](c4ccon4)[C@@]3(C)CC[C@@H]12.[Cs+].[F-]. The molecular weight excluding hydrogens is 1760 g/mol. The molecule has 0 unspecified atom stereocenters. The summed E-state index contributed by atoms with van der Waals surface area (Å²) in [6.07, 6.45) is 51.3. The molecule has 16 fully saturated rings. The molecule has 0 spiro atoms. The van der Waals surface area contributed by atoms with Crippen LogP contribution in [0.5, 0.6) is 0 Å². The van der Waals surface area contributed by atoms with Gasteiger partial charge in [0, 0.05) is 70.5 Å². The molecule has 0 saturated heterocycles. The number of rotatable bonds is 14. The van der Waals surface area contributed by atoms with Crippen molar-refractivity contribution in [1.82, 2.24) is 15.5 Å². The predicted octanol–water partition coefficient (Wildman–Crippen LogP) is 18.1. The average Bonchev–Trinajstić information content (AvgIpc) is 1.43. The smallest absolute Gasteiger partial charge is 1.00 e. The first-order valence-corrected chi connectivity index (χ1v) is 56.6. The van der Waals surface area contributed by atoms with E-state index in [-0.39, 0.29) is 137 Å². The van der Waals surface area contributed by atoms with Crippen molar-refractivity contribution in [3.8, 4) is 12.0 Å². The number of aliphatic hydroxyl groups excluding tert-OH is 1. The van der Waals surface area contributed by atoms with Gasteiger partial charge in [-0.3, -0.25) is 0 Å². The molecule has 16 saturated carbocycles. The Kier molecular flexibility index (Phi) is 36.2. The topological polar surface area (TPSA) is 249 Å². The van der Waals surface area contributed by atoms with E-state index >= 15 is 0 Å². The second kappa shape index (κ2) is 42.0. The Hall–Kier alpha value is -1.28. The van der Waals surface area contributed by atoms with Crippen molar-refractivity contribution in [2.45, 2.75) is 402 Å². The molecule has 32 atom stereocenters. The van der Waals surface area contributed by atoms with E-state index in [1.807, 2.05) is 61.5 Å². The van der Waals surface area contributed by atoms with Crippen molar-refractivity contribution in [2.24, 2.45) is 149 Å². The number of fused-ring (bicyclic) bond motifs is 20. The van der Waals surface area contributed by atoms with Gasteiger partial charge in [-0.15, -0.1) is 17.1 Å². The molecule has 3 aromatic rings. The van der Waals surface area contributed by atoms with Crippen LogP contribution in [-0.4, -0.2) is 146 Å². The molecule has 0 radical (unpaired) electrons. The third-order valence-corrected chi connectivity index (χ3v) is 43.1. The maximum atomic E-state index is 10.8. The van der Waals surface area contributed by atoms with Crippen molar-refractivity contribution in [1.29, 1.82) is 0 Å². The normalized spacial score (nSPS) is 45.4. The Morgan fingerprint density at radius 3 is 1.02 bits per heavy atom. The van der Waals surface area contributed by atoms with Gasteiger partial charge in [0.25, 0.3) is 0 Å². The second-order valence-electron chi connectivity index (χ2n) is 49.2. The van der Waals surface area contributed by atoms with Crippen molar-refractivity contribution in [3.63, 3.8) is 0 Å². The van der Waals surface area contributed by atoms with Crippen LogP contribution in [0.15, 0.2) is 43.2 Å². The summed E-state index contributed by atoms with van der Waals surface area (Å²) in [5.41, 5.74) is 6.59. The monoisotopic (exact) mass is 1940 g/mol. The first-order valence-electron chi connectivity index (χ1n) is 49.6. The fourth-order valence-electron chi connectivity index (χ4n) is 34.7. The van der Waals surface area contributed by atoms with E-state index < -0.39 is 38.6 Å². The maximum Gasteiger partial charge on any atom is 1.00 e. The Labute approximate surface area is 837 Å². The molecule has 0 amide bonds. The van der Waals surface area contributed by atoms with E-state index in [1.54, 1.807) is 6.26 Å². The van der Waals surface area contributed by atoms with E-state index in [9.17, 15) is 25.5 Å². The molecule has 726 valence electrons. The number of nitrogens with zero attached hydrogens (tertiary/aromatic N) is 4. The summed E-state index contributed by atoms with van der Waals surface area (Å²) in [6.45, 7) is 35.1. The van der Waals surface area contributed by atoms with Crippen LogP contribution in [0.2, 0.25) is 39.3 Å². The van der Waals surface area contributed by atoms with E-state index in [4.69, 9.17) is 44.1 Å². The summed E-state index contributed by atoms with van der Waals surface area (Å²) >= 11 is 0. The largest absolute Gasteiger partial charge is 1.00 e. The zero-order valence-electron chi connectivity index (χ0n) is 80.7. The van der Waals surface area contributed by atoms with Crippen LogP contribution >= 0.6 is 0 Å². The summed E-state index contributed by atoms with van der Waals surface area (Å²) in [6, 6.07) is 6.40. The Morgan fingerprint density at radius 1 is 0.422 bits per heavy atom. The van der Waals surface area contributed by atoms with E-state index in [2.05, 4.69) is 112 Å². The average molecular weight is 1940 g/mol. The molecule has 0 bridgehead atoms. The minimum absolute atomic E-state index is 0. The molecule has 0 aromatic carbocycles.